The van der Waals surface area contributed by atoms with Crippen molar-refractivity contribution in [3.8, 4) is 0 Å². The van der Waals surface area contributed by atoms with Crippen LogP contribution >= 0.6 is 0 Å². The molecule has 0 bridgehead atoms. The van der Waals surface area contributed by atoms with Gasteiger partial charge in [-0.05, 0) is 18.4 Å². The van der Waals surface area contributed by atoms with Crippen molar-refractivity contribution in [1.29, 1.82) is 0 Å². The molecule has 0 aromatic carbocycles. The van der Waals surface area contributed by atoms with E-state index in [9.17, 15) is 9.59 Å². The van der Waals surface area contributed by atoms with Crippen LogP contribution in [0.25, 0.3) is 0 Å². The molecule has 22 heavy (non-hydrogen) atoms. The highest BCUT2D eigenvalue weighted by molar-refractivity contribution is 5.92. The van der Waals surface area contributed by atoms with Crippen molar-refractivity contribution in [1.82, 2.24) is 20.2 Å². The first-order chi connectivity index (χ1) is 10.5. The Morgan fingerprint density at radius 1 is 1.45 bits per heavy atom. The summed E-state index contributed by atoms with van der Waals surface area (Å²) in [7, 11) is 0. The zero-order valence-corrected chi connectivity index (χ0v) is 13.2. The molecule has 0 atom stereocenters. The highest BCUT2D eigenvalue weighted by atomic mass is 16.5. The number of aromatic amines is 1. The molecule has 2 rings (SSSR count). The number of H-pyrrole nitrogens is 1. The molecule has 7 nitrogen and oxygen atoms in total. The summed E-state index contributed by atoms with van der Waals surface area (Å²) in [6, 6.07) is 1.66. The Hall–Kier alpha value is -1.73. The minimum atomic E-state index is -0.475. The fourth-order valence-corrected chi connectivity index (χ4v) is 2.42. The van der Waals surface area contributed by atoms with Crippen molar-refractivity contribution in [2.24, 2.45) is 5.92 Å². The lowest BCUT2D eigenvalue weighted by molar-refractivity contribution is 0.0383. The number of nitrogens with zero attached hydrogens (tertiary/aromatic N) is 2. The summed E-state index contributed by atoms with van der Waals surface area (Å²) in [5.41, 5.74) is 0.450. The van der Waals surface area contributed by atoms with E-state index in [-0.39, 0.29) is 11.6 Å². The molecule has 122 valence electrons. The Morgan fingerprint density at radius 3 is 2.86 bits per heavy atom. The van der Waals surface area contributed by atoms with Crippen LogP contribution in [-0.4, -0.2) is 60.2 Å². The Morgan fingerprint density at radius 2 is 2.18 bits per heavy atom. The number of aromatic nitrogens is 2. The van der Waals surface area contributed by atoms with E-state index in [1.807, 2.05) is 0 Å². The summed E-state index contributed by atoms with van der Waals surface area (Å²) in [4.78, 5) is 32.3. The highest BCUT2D eigenvalue weighted by Gasteiger charge is 2.13. The molecule has 1 fully saturated rings. The first-order valence-electron chi connectivity index (χ1n) is 7.73. The predicted molar refractivity (Wildman–Crippen MR) is 83.0 cm³/mol. The highest BCUT2D eigenvalue weighted by Crippen LogP contribution is 2.04. The number of amides is 1. The van der Waals surface area contributed by atoms with E-state index in [0.29, 0.717) is 18.9 Å². The van der Waals surface area contributed by atoms with E-state index in [1.54, 1.807) is 6.07 Å². The molecule has 1 aliphatic heterocycles. The van der Waals surface area contributed by atoms with E-state index in [2.05, 4.69) is 34.0 Å². The lowest BCUT2D eigenvalue weighted by atomic mass is 10.1. The van der Waals surface area contributed by atoms with Crippen LogP contribution in [0.1, 0.15) is 30.0 Å². The molecular weight excluding hydrogens is 284 g/mol. The molecule has 2 heterocycles. The maximum absolute atomic E-state index is 12.1. The van der Waals surface area contributed by atoms with E-state index in [4.69, 9.17) is 4.74 Å². The summed E-state index contributed by atoms with van der Waals surface area (Å²) < 4.78 is 5.28. The predicted octanol–water partition coefficient (Wildman–Crippen LogP) is 0.0304. The summed E-state index contributed by atoms with van der Waals surface area (Å²) in [6.07, 6.45) is 0.714. The van der Waals surface area contributed by atoms with Gasteiger partial charge in [0.25, 0.3) is 5.91 Å². The lowest BCUT2D eigenvalue weighted by Crippen LogP contribution is -2.41. The molecule has 2 N–H and O–H groups in total. The van der Waals surface area contributed by atoms with Gasteiger partial charge in [-0.2, -0.15) is 4.98 Å². The smallest absolute Gasteiger partial charge is 0.345 e. The molecular formula is C15H24N4O3. The van der Waals surface area contributed by atoms with Crippen LogP contribution in [-0.2, 0) is 11.2 Å². The van der Waals surface area contributed by atoms with Gasteiger partial charge < -0.3 is 15.0 Å². The number of morpholine rings is 1. The second-order valence-corrected chi connectivity index (χ2v) is 5.90. The number of carbonyl (C=O) groups is 1. The number of hydrogen-bond donors (Lipinski definition) is 2. The lowest BCUT2D eigenvalue weighted by Gasteiger charge is -2.26. The minimum Gasteiger partial charge on any atom is -0.379 e. The second kappa shape index (κ2) is 8.05. The van der Waals surface area contributed by atoms with E-state index in [1.165, 1.54) is 0 Å². The zero-order valence-electron chi connectivity index (χ0n) is 13.2. The zero-order chi connectivity index (χ0) is 15.9. The average molecular weight is 308 g/mol. The first kappa shape index (κ1) is 16.6. The molecule has 0 radical (unpaired) electrons. The normalized spacial score (nSPS) is 16.0. The molecule has 0 spiro atoms. The van der Waals surface area contributed by atoms with Crippen molar-refractivity contribution in [2.75, 3.05) is 39.4 Å². The minimum absolute atomic E-state index is 0.182. The van der Waals surface area contributed by atoms with E-state index < -0.39 is 5.69 Å². The first-order valence-corrected chi connectivity index (χ1v) is 7.73. The third-order valence-electron chi connectivity index (χ3n) is 3.48. The monoisotopic (exact) mass is 308 g/mol. The van der Waals surface area contributed by atoms with Crippen LogP contribution in [0.4, 0.5) is 0 Å². The average Bonchev–Trinajstić information content (AvgIpc) is 2.47. The number of rotatable bonds is 6. The fraction of sp³-hybridized carbons (Fsp3) is 0.667. The van der Waals surface area contributed by atoms with Gasteiger partial charge in [0.1, 0.15) is 5.69 Å². The van der Waals surface area contributed by atoms with Gasteiger partial charge in [-0.1, -0.05) is 13.8 Å². The fourth-order valence-electron chi connectivity index (χ4n) is 2.42. The summed E-state index contributed by atoms with van der Waals surface area (Å²) in [5.74, 6) is 0.0969. The van der Waals surface area contributed by atoms with Crippen molar-refractivity contribution in [2.45, 2.75) is 20.3 Å². The quantitative estimate of drug-likeness (QED) is 0.774. The van der Waals surface area contributed by atoms with Gasteiger partial charge in [-0.15, -0.1) is 0 Å². The Labute approximate surface area is 130 Å². The maximum Gasteiger partial charge on any atom is 0.345 e. The number of hydrogen-bond acceptors (Lipinski definition) is 5. The van der Waals surface area contributed by atoms with Gasteiger partial charge in [-0.25, -0.2) is 4.79 Å². The molecule has 1 aromatic heterocycles. The molecule has 1 saturated heterocycles. The maximum atomic E-state index is 12.1. The van der Waals surface area contributed by atoms with Crippen LogP contribution < -0.4 is 11.0 Å². The topological polar surface area (TPSA) is 87.3 Å². The summed E-state index contributed by atoms with van der Waals surface area (Å²) in [6.45, 7) is 8.67. The van der Waals surface area contributed by atoms with Crippen molar-refractivity contribution >= 4 is 5.91 Å². The number of carbonyl (C=O) groups excluding carboxylic acids is 1. The Kier molecular flexibility index (Phi) is 6.09. The molecule has 1 aromatic rings. The standard InChI is InChI=1S/C15H24N4O3/c1-11(2)9-12-10-13(18-15(21)17-12)14(20)16-3-4-19-5-7-22-8-6-19/h10-11H,3-9H2,1-2H3,(H,16,20)(H,17,18,21). The second-order valence-electron chi connectivity index (χ2n) is 5.90. The molecule has 1 aliphatic rings. The van der Waals surface area contributed by atoms with E-state index >= 15 is 0 Å². The molecule has 0 unspecified atom stereocenters. The molecule has 1 amide bonds. The van der Waals surface area contributed by atoms with Gasteiger partial charge in [-0.3, -0.25) is 9.69 Å². The van der Waals surface area contributed by atoms with Gasteiger partial charge in [0.2, 0.25) is 0 Å². The molecule has 0 saturated carbocycles. The largest absolute Gasteiger partial charge is 0.379 e. The van der Waals surface area contributed by atoms with Crippen molar-refractivity contribution < 1.29 is 9.53 Å². The third kappa shape index (κ3) is 5.23. The molecule has 0 aliphatic carbocycles. The summed E-state index contributed by atoms with van der Waals surface area (Å²) in [5, 5.41) is 2.82. The SMILES string of the molecule is CC(C)Cc1cc(C(=O)NCCN2CCOCC2)nc(=O)[nH]1. The van der Waals surface area contributed by atoms with Gasteiger partial charge in [0, 0.05) is 31.9 Å². The number of nitrogens with one attached hydrogen (secondary N) is 2. The Balaban J connectivity index is 1.88. The van der Waals surface area contributed by atoms with Crippen LogP contribution in [0.5, 0.6) is 0 Å². The molecule has 7 heteroatoms. The third-order valence-corrected chi connectivity index (χ3v) is 3.48. The van der Waals surface area contributed by atoms with Gasteiger partial charge >= 0.3 is 5.69 Å². The summed E-state index contributed by atoms with van der Waals surface area (Å²) >= 11 is 0. The van der Waals surface area contributed by atoms with Crippen LogP contribution in [0.3, 0.4) is 0 Å². The number of ether oxygens (including phenoxy) is 1. The van der Waals surface area contributed by atoms with E-state index in [0.717, 1.165) is 38.5 Å². The Bertz CT molecular complexity index is 550. The van der Waals surface area contributed by atoms with Crippen LogP contribution in [0.2, 0.25) is 0 Å². The van der Waals surface area contributed by atoms with Crippen LogP contribution in [0, 0.1) is 5.92 Å². The van der Waals surface area contributed by atoms with Gasteiger partial charge in [0.05, 0.1) is 13.2 Å². The van der Waals surface area contributed by atoms with Gasteiger partial charge in [0.15, 0.2) is 0 Å². The van der Waals surface area contributed by atoms with Crippen LogP contribution in [0.15, 0.2) is 10.9 Å². The van der Waals surface area contributed by atoms with Crippen molar-refractivity contribution in [3.05, 3.63) is 27.9 Å². The van der Waals surface area contributed by atoms with Crippen molar-refractivity contribution in [3.63, 3.8) is 0 Å².